The van der Waals surface area contributed by atoms with E-state index in [9.17, 15) is 0 Å². The third kappa shape index (κ3) is 2.56. The number of hydrogen-bond acceptors (Lipinski definition) is 4. The standard InChI is InChI=1S/C13H18N4/c1-2-17(12-4-3-6-15-9-12)13-10-16-7-5-11(13)8-14/h5,7,10,12,15H,2-4,6,9H2,1H3. The first kappa shape index (κ1) is 11.9. The van der Waals surface area contributed by atoms with Crippen molar-refractivity contribution < 1.29 is 0 Å². The molecule has 0 aliphatic carbocycles. The molecule has 2 heterocycles. The average Bonchev–Trinajstić information content (AvgIpc) is 2.41. The van der Waals surface area contributed by atoms with Gasteiger partial charge in [0, 0.05) is 25.3 Å². The van der Waals surface area contributed by atoms with E-state index in [1.165, 1.54) is 12.8 Å². The maximum absolute atomic E-state index is 9.14. The van der Waals surface area contributed by atoms with Crippen LogP contribution in [0.4, 0.5) is 5.69 Å². The lowest BCUT2D eigenvalue weighted by atomic mass is 10.0. The molecule has 2 rings (SSSR count). The number of pyridine rings is 1. The van der Waals surface area contributed by atoms with Crippen LogP contribution in [0.1, 0.15) is 25.3 Å². The van der Waals surface area contributed by atoms with Crippen LogP contribution >= 0.6 is 0 Å². The summed E-state index contributed by atoms with van der Waals surface area (Å²) in [6, 6.07) is 4.51. The molecule has 4 nitrogen and oxygen atoms in total. The molecule has 0 bridgehead atoms. The molecule has 1 atom stereocenters. The van der Waals surface area contributed by atoms with E-state index in [0.29, 0.717) is 11.6 Å². The van der Waals surface area contributed by atoms with E-state index in [4.69, 9.17) is 5.26 Å². The molecule has 0 spiro atoms. The smallest absolute Gasteiger partial charge is 0.101 e. The Labute approximate surface area is 102 Å². The predicted molar refractivity (Wildman–Crippen MR) is 67.9 cm³/mol. The minimum Gasteiger partial charge on any atom is -0.365 e. The Hall–Kier alpha value is -1.60. The summed E-state index contributed by atoms with van der Waals surface area (Å²) in [7, 11) is 0. The first-order valence-electron chi connectivity index (χ1n) is 6.18. The maximum Gasteiger partial charge on any atom is 0.101 e. The highest BCUT2D eigenvalue weighted by molar-refractivity contribution is 5.58. The lowest BCUT2D eigenvalue weighted by Gasteiger charge is -2.35. The molecule has 1 N–H and O–H groups in total. The van der Waals surface area contributed by atoms with E-state index >= 15 is 0 Å². The van der Waals surface area contributed by atoms with Gasteiger partial charge in [0.25, 0.3) is 0 Å². The zero-order valence-electron chi connectivity index (χ0n) is 10.2. The van der Waals surface area contributed by atoms with Crippen LogP contribution in [0.15, 0.2) is 18.5 Å². The molecule has 1 unspecified atom stereocenters. The molecule has 1 aliphatic rings. The van der Waals surface area contributed by atoms with Crippen molar-refractivity contribution >= 4 is 5.69 Å². The Bertz CT molecular complexity index is 404. The van der Waals surface area contributed by atoms with Crippen LogP contribution in [-0.2, 0) is 0 Å². The van der Waals surface area contributed by atoms with Crippen molar-refractivity contribution in [2.75, 3.05) is 24.5 Å². The van der Waals surface area contributed by atoms with Crippen molar-refractivity contribution in [1.29, 1.82) is 5.26 Å². The highest BCUT2D eigenvalue weighted by atomic mass is 15.2. The van der Waals surface area contributed by atoms with Gasteiger partial charge in [-0.2, -0.15) is 5.26 Å². The predicted octanol–water partition coefficient (Wildman–Crippen LogP) is 1.53. The Morgan fingerprint density at radius 3 is 3.18 bits per heavy atom. The average molecular weight is 230 g/mol. The van der Waals surface area contributed by atoms with E-state index in [0.717, 1.165) is 25.3 Å². The van der Waals surface area contributed by atoms with Gasteiger partial charge in [0.05, 0.1) is 17.4 Å². The summed E-state index contributed by atoms with van der Waals surface area (Å²) in [4.78, 5) is 6.43. The zero-order chi connectivity index (χ0) is 12.1. The van der Waals surface area contributed by atoms with Crippen LogP contribution < -0.4 is 10.2 Å². The molecule has 0 amide bonds. The van der Waals surface area contributed by atoms with Crippen molar-refractivity contribution in [3.05, 3.63) is 24.0 Å². The fourth-order valence-corrected chi connectivity index (χ4v) is 2.43. The zero-order valence-corrected chi connectivity index (χ0v) is 10.2. The number of likely N-dealkylation sites (N-methyl/N-ethyl adjacent to an activating group) is 1. The number of nitrogens with one attached hydrogen (secondary N) is 1. The van der Waals surface area contributed by atoms with E-state index in [2.05, 4.69) is 28.2 Å². The highest BCUT2D eigenvalue weighted by Crippen LogP contribution is 2.23. The molecule has 17 heavy (non-hydrogen) atoms. The van der Waals surface area contributed by atoms with Gasteiger partial charge < -0.3 is 10.2 Å². The van der Waals surface area contributed by atoms with Gasteiger partial charge in [-0.05, 0) is 32.4 Å². The molecule has 90 valence electrons. The molecular weight excluding hydrogens is 212 g/mol. The molecule has 4 heteroatoms. The Morgan fingerprint density at radius 2 is 2.53 bits per heavy atom. The largest absolute Gasteiger partial charge is 0.365 e. The number of hydrogen-bond donors (Lipinski definition) is 1. The fourth-order valence-electron chi connectivity index (χ4n) is 2.43. The second kappa shape index (κ2) is 5.65. The summed E-state index contributed by atoms with van der Waals surface area (Å²) in [6.45, 7) is 5.13. The summed E-state index contributed by atoms with van der Waals surface area (Å²) < 4.78 is 0. The third-order valence-electron chi connectivity index (χ3n) is 3.28. The second-order valence-corrected chi connectivity index (χ2v) is 4.29. The van der Waals surface area contributed by atoms with Crippen molar-refractivity contribution in [2.24, 2.45) is 0 Å². The fraction of sp³-hybridized carbons (Fsp3) is 0.538. The molecular formula is C13H18N4. The number of aromatic nitrogens is 1. The van der Waals surface area contributed by atoms with Crippen molar-refractivity contribution in [3.8, 4) is 6.07 Å². The van der Waals surface area contributed by atoms with Crippen molar-refractivity contribution in [3.63, 3.8) is 0 Å². The van der Waals surface area contributed by atoms with Crippen LogP contribution in [0, 0.1) is 11.3 Å². The number of nitrogens with zero attached hydrogens (tertiary/aromatic N) is 3. The quantitative estimate of drug-likeness (QED) is 0.855. The number of piperidine rings is 1. The summed E-state index contributed by atoms with van der Waals surface area (Å²) in [5.41, 5.74) is 1.68. The van der Waals surface area contributed by atoms with E-state index in [1.54, 1.807) is 18.5 Å². The number of anilines is 1. The van der Waals surface area contributed by atoms with Gasteiger partial charge in [0.2, 0.25) is 0 Å². The molecule has 1 aliphatic heterocycles. The summed E-state index contributed by atoms with van der Waals surface area (Å²) >= 11 is 0. The van der Waals surface area contributed by atoms with Gasteiger partial charge in [-0.3, -0.25) is 4.98 Å². The third-order valence-corrected chi connectivity index (χ3v) is 3.28. The lowest BCUT2D eigenvalue weighted by Crippen LogP contribution is -2.46. The molecule has 1 aromatic rings. The van der Waals surface area contributed by atoms with Crippen molar-refractivity contribution in [1.82, 2.24) is 10.3 Å². The first-order chi connectivity index (χ1) is 8.36. The SMILES string of the molecule is CCN(c1cnccc1C#N)C1CCCNC1. The minimum absolute atomic E-state index is 0.477. The van der Waals surface area contributed by atoms with Crippen LogP contribution in [0.3, 0.4) is 0 Å². The van der Waals surface area contributed by atoms with E-state index in [-0.39, 0.29) is 0 Å². The molecule has 0 aromatic carbocycles. The lowest BCUT2D eigenvalue weighted by molar-refractivity contribution is 0.435. The molecule has 1 saturated heterocycles. The minimum atomic E-state index is 0.477. The van der Waals surface area contributed by atoms with Gasteiger partial charge in [0.1, 0.15) is 6.07 Å². The molecule has 0 saturated carbocycles. The Balaban J connectivity index is 2.25. The molecule has 0 radical (unpaired) electrons. The normalized spacial score (nSPS) is 19.6. The summed E-state index contributed by atoms with van der Waals surface area (Å²) in [5, 5.41) is 12.6. The van der Waals surface area contributed by atoms with Gasteiger partial charge in [-0.25, -0.2) is 0 Å². The van der Waals surface area contributed by atoms with Crippen LogP contribution in [-0.4, -0.2) is 30.7 Å². The van der Waals surface area contributed by atoms with Gasteiger partial charge >= 0.3 is 0 Å². The van der Waals surface area contributed by atoms with Crippen LogP contribution in [0.5, 0.6) is 0 Å². The number of nitriles is 1. The molecule has 1 fully saturated rings. The summed E-state index contributed by atoms with van der Waals surface area (Å²) in [5.74, 6) is 0. The second-order valence-electron chi connectivity index (χ2n) is 4.29. The number of rotatable bonds is 3. The Kier molecular flexibility index (Phi) is 3.94. The first-order valence-corrected chi connectivity index (χ1v) is 6.18. The highest BCUT2D eigenvalue weighted by Gasteiger charge is 2.21. The van der Waals surface area contributed by atoms with E-state index in [1.807, 2.05) is 0 Å². The summed E-state index contributed by atoms with van der Waals surface area (Å²) in [6.07, 6.45) is 5.86. The van der Waals surface area contributed by atoms with Gasteiger partial charge in [0.15, 0.2) is 0 Å². The van der Waals surface area contributed by atoms with Gasteiger partial charge in [-0.1, -0.05) is 0 Å². The van der Waals surface area contributed by atoms with E-state index < -0.39 is 0 Å². The van der Waals surface area contributed by atoms with Crippen LogP contribution in [0.2, 0.25) is 0 Å². The monoisotopic (exact) mass is 230 g/mol. The Morgan fingerprint density at radius 1 is 1.65 bits per heavy atom. The van der Waals surface area contributed by atoms with Gasteiger partial charge in [-0.15, -0.1) is 0 Å². The topological polar surface area (TPSA) is 52.0 Å². The maximum atomic E-state index is 9.14. The van der Waals surface area contributed by atoms with Crippen LogP contribution in [0.25, 0.3) is 0 Å². The molecule has 1 aromatic heterocycles. The van der Waals surface area contributed by atoms with Crippen molar-refractivity contribution in [2.45, 2.75) is 25.8 Å².